The van der Waals surface area contributed by atoms with Gasteiger partial charge in [-0.05, 0) is 23.3 Å². The molecule has 0 aliphatic rings. The van der Waals surface area contributed by atoms with E-state index in [2.05, 4.69) is 52.9 Å². The van der Waals surface area contributed by atoms with Gasteiger partial charge in [-0.1, -0.05) is 54.6 Å². The van der Waals surface area contributed by atoms with Gasteiger partial charge in [0.05, 0.1) is 27.4 Å². The molecule has 2 N–H and O–H groups in total. The zero-order valence-electron chi connectivity index (χ0n) is 27.2. The number of pyridine rings is 2. The topological polar surface area (TPSA) is 196 Å². The van der Waals surface area contributed by atoms with Crippen LogP contribution in [0.15, 0.2) is 134 Å². The van der Waals surface area contributed by atoms with Crippen molar-refractivity contribution in [2.75, 3.05) is 10.6 Å². The smallest absolute Gasteiger partial charge is 0.333 e. The van der Waals surface area contributed by atoms with Gasteiger partial charge in [0.15, 0.2) is 5.65 Å². The van der Waals surface area contributed by atoms with Crippen molar-refractivity contribution in [2.24, 2.45) is 0 Å². The van der Waals surface area contributed by atoms with Crippen LogP contribution in [0.2, 0.25) is 0 Å². The van der Waals surface area contributed by atoms with E-state index >= 15 is 0 Å². The maximum absolute atomic E-state index is 11.4. The van der Waals surface area contributed by atoms with E-state index in [1.54, 1.807) is 43.0 Å². The molecule has 0 saturated carbocycles. The van der Waals surface area contributed by atoms with Crippen LogP contribution in [-0.2, 0) is 13.1 Å². The molecule has 0 aliphatic carbocycles. The van der Waals surface area contributed by atoms with Crippen LogP contribution < -0.4 is 10.6 Å². The molecule has 0 fully saturated rings. The number of nitro benzene ring substituents is 1. The molecule has 16 nitrogen and oxygen atoms in total. The zero-order valence-corrected chi connectivity index (χ0v) is 27.2. The highest BCUT2D eigenvalue weighted by atomic mass is 16.6. The molecule has 0 amide bonds. The summed E-state index contributed by atoms with van der Waals surface area (Å²) in [6.07, 6.45) is 9.85. The quantitative estimate of drug-likeness (QED) is 0.115. The van der Waals surface area contributed by atoms with Gasteiger partial charge < -0.3 is 10.6 Å². The molecule has 0 spiro atoms. The van der Waals surface area contributed by atoms with Crippen molar-refractivity contribution >= 4 is 34.3 Å². The molecule has 8 aromatic rings. The first-order chi connectivity index (χ1) is 25.4. The number of nitrogens with one attached hydrogen (secondary N) is 2. The molecule has 0 aliphatic heterocycles. The SMILES string of the molecule is O=[N+]([O-])c1cccc(-c2cc(NCc3cccnc3)n3ncc([N+](=O)[O-])c3n2)c1.c1ccc(-c2cc(NCc3cccnc3)n3nccc3n2)cc1. The predicted octanol–water partition coefficient (Wildman–Crippen LogP) is 6.62. The van der Waals surface area contributed by atoms with Crippen LogP contribution in [0.5, 0.6) is 0 Å². The Morgan fingerprint density at radius 3 is 1.88 bits per heavy atom. The minimum atomic E-state index is -0.572. The minimum Gasteiger partial charge on any atom is -0.366 e. The van der Waals surface area contributed by atoms with Crippen molar-refractivity contribution in [3.63, 3.8) is 0 Å². The summed E-state index contributed by atoms with van der Waals surface area (Å²) in [5.41, 5.74) is 5.32. The number of non-ortho nitro benzene ring substituents is 1. The van der Waals surface area contributed by atoms with E-state index in [1.165, 1.54) is 22.7 Å². The number of hydrogen-bond acceptors (Lipinski definition) is 12. The van der Waals surface area contributed by atoms with Crippen LogP contribution >= 0.6 is 0 Å². The Balaban J connectivity index is 0.000000166. The summed E-state index contributed by atoms with van der Waals surface area (Å²) < 4.78 is 3.14. The second-order valence-corrected chi connectivity index (χ2v) is 11.3. The largest absolute Gasteiger partial charge is 0.366 e. The maximum Gasteiger partial charge on any atom is 0.333 e. The molecule has 6 aromatic heterocycles. The summed E-state index contributed by atoms with van der Waals surface area (Å²) in [6, 6.07) is 29.3. The standard InChI is InChI=1S/C18H13N7O4.C18H15N5/c26-24(27)14-5-1-4-13(7-14)15-8-17(20-10-12-3-2-6-19-9-12)23-18(22-15)16(11-21-23)25(28)29;1-2-6-15(7-3-1)16-11-18(23-17(22-16)8-10-21-23)20-13-14-5-4-9-19-12-14/h1-9,11,20H,10H2;1-12,20H,13H2. The summed E-state index contributed by atoms with van der Waals surface area (Å²) in [5.74, 6) is 1.36. The highest BCUT2D eigenvalue weighted by Crippen LogP contribution is 2.29. The van der Waals surface area contributed by atoms with Crippen molar-refractivity contribution in [2.45, 2.75) is 13.1 Å². The van der Waals surface area contributed by atoms with Gasteiger partial charge in [0, 0.05) is 79.3 Å². The third kappa shape index (κ3) is 7.35. The number of rotatable bonds is 10. The van der Waals surface area contributed by atoms with E-state index in [0.29, 0.717) is 30.2 Å². The third-order valence-corrected chi connectivity index (χ3v) is 7.82. The molecule has 8 rings (SSSR count). The lowest BCUT2D eigenvalue weighted by atomic mass is 10.1. The second-order valence-electron chi connectivity index (χ2n) is 11.3. The molecule has 2 aromatic carbocycles. The normalized spacial score (nSPS) is 10.8. The van der Waals surface area contributed by atoms with Crippen LogP contribution in [0.4, 0.5) is 23.0 Å². The number of fused-ring (bicyclic) bond motifs is 2. The Kier molecular flexibility index (Phi) is 9.41. The Bertz CT molecular complexity index is 2490. The number of benzene rings is 2. The average molecular weight is 693 g/mol. The van der Waals surface area contributed by atoms with Crippen molar-refractivity contribution in [3.05, 3.63) is 166 Å². The average Bonchev–Trinajstić information content (AvgIpc) is 3.85. The van der Waals surface area contributed by atoms with Gasteiger partial charge in [0.1, 0.15) is 17.8 Å². The van der Waals surface area contributed by atoms with Crippen LogP contribution in [-0.4, -0.2) is 49.0 Å². The second kappa shape index (κ2) is 14.9. The predicted molar refractivity (Wildman–Crippen MR) is 193 cm³/mol. The summed E-state index contributed by atoms with van der Waals surface area (Å²) >= 11 is 0. The van der Waals surface area contributed by atoms with Gasteiger partial charge in [-0.2, -0.15) is 19.2 Å². The maximum atomic E-state index is 11.4. The number of hydrogen-bond donors (Lipinski definition) is 2. The fourth-order valence-electron chi connectivity index (χ4n) is 5.32. The molecule has 6 heterocycles. The fraction of sp³-hybridized carbons (Fsp3) is 0.0556. The molecule has 0 unspecified atom stereocenters. The van der Waals surface area contributed by atoms with Gasteiger partial charge in [0.25, 0.3) is 5.69 Å². The Morgan fingerprint density at radius 2 is 1.25 bits per heavy atom. The zero-order chi connectivity index (χ0) is 35.9. The third-order valence-electron chi connectivity index (χ3n) is 7.82. The summed E-state index contributed by atoms with van der Waals surface area (Å²) in [7, 11) is 0. The summed E-state index contributed by atoms with van der Waals surface area (Å²) in [6.45, 7) is 1.08. The lowest BCUT2D eigenvalue weighted by Crippen LogP contribution is -2.07. The minimum absolute atomic E-state index is 0.0349. The first kappa shape index (κ1) is 32.9. The highest BCUT2D eigenvalue weighted by Gasteiger charge is 2.21. The van der Waals surface area contributed by atoms with Crippen LogP contribution in [0.3, 0.4) is 0 Å². The highest BCUT2D eigenvalue weighted by molar-refractivity contribution is 5.72. The molecular weight excluding hydrogens is 664 g/mol. The monoisotopic (exact) mass is 692 g/mol. The van der Waals surface area contributed by atoms with E-state index in [4.69, 9.17) is 0 Å². The van der Waals surface area contributed by atoms with Crippen molar-refractivity contribution in [3.8, 4) is 22.5 Å². The van der Waals surface area contributed by atoms with E-state index in [9.17, 15) is 20.2 Å². The first-order valence-corrected chi connectivity index (χ1v) is 15.9. The fourth-order valence-corrected chi connectivity index (χ4v) is 5.32. The lowest BCUT2D eigenvalue weighted by molar-refractivity contribution is -0.384. The summed E-state index contributed by atoms with van der Waals surface area (Å²) in [5, 5.41) is 37.4. The summed E-state index contributed by atoms with van der Waals surface area (Å²) in [4.78, 5) is 38.5. The van der Waals surface area contributed by atoms with Gasteiger partial charge in [0.2, 0.25) is 5.65 Å². The van der Waals surface area contributed by atoms with Gasteiger partial charge in [-0.3, -0.25) is 30.2 Å². The molecule has 0 radical (unpaired) electrons. The van der Waals surface area contributed by atoms with Crippen LogP contribution in [0, 0.1) is 20.2 Å². The van der Waals surface area contributed by atoms with E-state index in [1.807, 2.05) is 59.2 Å². The van der Waals surface area contributed by atoms with E-state index < -0.39 is 9.85 Å². The number of nitro groups is 2. The molecule has 16 heteroatoms. The van der Waals surface area contributed by atoms with Gasteiger partial charge in [-0.25, -0.2) is 9.97 Å². The van der Waals surface area contributed by atoms with Crippen molar-refractivity contribution < 1.29 is 9.85 Å². The van der Waals surface area contributed by atoms with Crippen LogP contribution in [0.25, 0.3) is 33.8 Å². The molecule has 52 heavy (non-hydrogen) atoms. The van der Waals surface area contributed by atoms with E-state index in [0.717, 1.165) is 40.0 Å². The first-order valence-electron chi connectivity index (χ1n) is 15.9. The molecule has 0 atom stereocenters. The molecule has 0 bridgehead atoms. The lowest BCUT2D eigenvalue weighted by Gasteiger charge is -2.10. The molecule has 0 saturated heterocycles. The number of aromatic nitrogens is 8. The van der Waals surface area contributed by atoms with Crippen LogP contribution in [0.1, 0.15) is 11.1 Å². The van der Waals surface area contributed by atoms with Gasteiger partial charge >= 0.3 is 5.69 Å². The number of anilines is 2. The molecule has 256 valence electrons. The number of nitrogens with zero attached hydrogens (tertiary/aromatic N) is 10. The van der Waals surface area contributed by atoms with E-state index in [-0.39, 0.29) is 17.0 Å². The molecular formula is C36H28N12O4. The van der Waals surface area contributed by atoms with Crippen molar-refractivity contribution in [1.82, 2.24) is 39.2 Å². The van der Waals surface area contributed by atoms with Gasteiger partial charge in [-0.15, -0.1) is 0 Å². The Labute approximate surface area is 294 Å². The van der Waals surface area contributed by atoms with Crippen molar-refractivity contribution in [1.29, 1.82) is 0 Å². The Morgan fingerprint density at radius 1 is 0.596 bits per heavy atom. The Hall–Kier alpha value is -7.62.